The molecule has 3 aliphatic heterocycles. The number of fused-ring (bicyclic) bond motifs is 2. The van der Waals surface area contributed by atoms with Crippen molar-refractivity contribution in [2.24, 2.45) is 22.4 Å². The molecule has 4 rings (SSSR count). The number of primary amides is 1. The number of nitrogens with two attached hydrogens (primary N) is 2. The number of phenols is 1. The number of unbranched alkanes of at least 4 members (excludes halogenated alkanes) is 10. The molecule has 0 aromatic heterocycles. The van der Waals surface area contributed by atoms with E-state index in [-0.39, 0.29) is 63.3 Å². The van der Waals surface area contributed by atoms with Crippen molar-refractivity contribution in [3.63, 3.8) is 0 Å². The summed E-state index contributed by atoms with van der Waals surface area (Å²) in [4.78, 5) is 205. The molecular formula is C75H123N15O24. The van der Waals surface area contributed by atoms with Gasteiger partial charge in [-0.1, -0.05) is 97.1 Å². The maximum atomic E-state index is 14.8. The van der Waals surface area contributed by atoms with Crippen LogP contribution in [0.15, 0.2) is 29.3 Å². The molecule has 39 nitrogen and oxygen atoms in total. The molecule has 642 valence electrons. The first kappa shape index (κ1) is 97.1. The summed E-state index contributed by atoms with van der Waals surface area (Å²) >= 11 is 0. The Morgan fingerprint density at radius 3 is 1.67 bits per heavy atom. The van der Waals surface area contributed by atoms with E-state index in [1.54, 1.807) is 0 Å². The van der Waals surface area contributed by atoms with E-state index < -0.39 is 243 Å². The van der Waals surface area contributed by atoms with Crippen LogP contribution in [0.2, 0.25) is 0 Å². The highest BCUT2D eigenvalue weighted by atomic mass is 16.5. The highest BCUT2D eigenvalue weighted by Crippen LogP contribution is 2.25. The topological polar surface area (TPSA) is 610 Å². The third-order valence-corrected chi connectivity index (χ3v) is 19.8. The highest BCUT2D eigenvalue weighted by molar-refractivity contribution is 6.00. The third kappa shape index (κ3) is 31.9. The number of carbonyl (C=O) groups is 14. The average molecular weight is 1620 g/mol. The van der Waals surface area contributed by atoms with Crippen molar-refractivity contribution in [3.8, 4) is 5.75 Å². The van der Waals surface area contributed by atoms with Crippen LogP contribution in [0.1, 0.15) is 183 Å². The molecule has 0 radical (unpaired) electrons. The number of aliphatic imine (C=N–C) groups is 1. The smallest absolute Gasteiger partial charge is 0.328 e. The maximum Gasteiger partial charge on any atom is 0.328 e. The molecule has 1 aromatic rings. The molecule has 19 atom stereocenters. The number of nitrogens with one attached hydrogen (secondary N) is 10. The number of esters is 1. The standard InChI is InChI=1S/C75H123N15O24/c1-10-11-12-13-14-15-16-17-18-19-20-22-48-35-56(100)83-59(41(5)91)69(106)80-40(4)65(102)82-50(33-45-24-26-46(95)27-25-45)66(103)85-58(39(2)3)73(110)90-38-47(96)34-51(90)67(104)86-61(43(7)93)71(108)87-62(44(8)94)74(111)89-31-28-52(97)64(89)72(109)88-63(53(98)36-55(77)99)68(105)79-37-57(101)84-60(42(6)92)70(107)81-49(75(112)114-48)23-21-30-78-54(76)29-32-113-9/h24-27,39-44,47-53,58-64,91-98H,10-23,28-38H2,1-9H3,(H2,76,78)(H2,77,99)(H,79,105)(H,80,106)(H,81,107)(H,82,102)(H,83,100)(H,84,101)(H,85,103)(H,86,104)(H,87,108)(H,88,109)/t40-,41-,42-,43-,44-,47-,48-,49+,50+,51+,52+,53-,58+,59-,60-,61-,62+,63+,64+/m1/s1. The van der Waals surface area contributed by atoms with Crippen molar-refractivity contribution in [3.05, 3.63) is 29.8 Å². The summed E-state index contributed by atoms with van der Waals surface area (Å²) in [6.07, 6.45) is -6.17. The van der Waals surface area contributed by atoms with Crippen molar-refractivity contribution < 1.29 is 117 Å². The molecule has 114 heavy (non-hydrogen) atoms. The first-order valence-electron chi connectivity index (χ1n) is 39.2. The Balaban J connectivity index is 1.84. The van der Waals surface area contributed by atoms with E-state index in [4.69, 9.17) is 20.9 Å². The normalized spacial score (nSPS) is 27.4. The number of phenolic OH excluding ortho intramolecular Hbond substituents is 1. The van der Waals surface area contributed by atoms with Crippen molar-refractivity contribution in [2.75, 3.05) is 39.9 Å². The summed E-state index contributed by atoms with van der Waals surface area (Å²) in [7, 11) is 1.46. The van der Waals surface area contributed by atoms with E-state index in [9.17, 15) is 108 Å². The minimum atomic E-state index is -2.23. The van der Waals surface area contributed by atoms with Gasteiger partial charge < -0.3 is 125 Å². The quantitative estimate of drug-likeness (QED) is 0.0154. The Morgan fingerprint density at radius 1 is 0.579 bits per heavy atom. The first-order chi connectivity index (χ1) is 53.8. The Hall–Kier alpha value is -9.25. The fourth-order valence-corrected chi connectivity index (χ4v) is 13.2. The van der Waals surface area contributed by atoms with Crippen LogP contribution >= 0.6 is 0 Å². The second kappa shape index (κ2) is 48.8. The number of aliphatic hydroxyl groups excluding tert-OH is 7. The molecule has 39 heteroatoms. The second-order valence-electron chi connectivity index (χ2n) is 30.0. The highest BCUT2D eigenvalue weighted by Gasteiger charge is 2.48. The molecule has 0 aliphatic carbocycles. The Labute approximate surface area is 663 Å². The lowest BCUT2D eigenvalue weighted by Crippen LogP contribution is -2.64. The van der Waals surface area contributed by atoms with Gasteiger partial charge in [-0.3, -0.25) is 67.3 Å². The maximum absolute atomic E-state index is 14.8. The number of hydrogen-bond acceptors (Lipinski definition) is 25. The van der Waals surface area contributed by atoms with Crippen LogP contribution in [0.4, 0.5) is 0 Å². The van der Waals surface area contributed by atoms with Gasteiger partial charge in [0.15, 0.2) is 0 Å². The molecule has 13 amide bonds. The lowest BCUT2D eigenvalue weighted by atomic mass is 9.99. The molecule has 1 aromatic carbocycles. The number of benzene rings is 1. The molecule has 22 N–H and O–H groups in total. The van der Waals surface area contributed by atoms with Crippen molar-refractivity contribution in [2.45, 2.75) is 299 Å². The van der Waals surface area contributed by atoms with Gasteiger partial charge in [0.2, 0.25) is 76.8 Å². The van der Waals surface area contributed by atoms with Gasteiger partial charge in [-0.05, 0) is 90.3 Å². The van der Waals surface area contributed by atoms with E-state index in [0.717, 1.165) is 83.5 Å². The van der Waals surface area contributed by atoms with Gasteiger partial charge in [0.25, 0.3) is 0 Å². The van der Waals surface area contributed by atoms with Crippen LogP contribution < -0.4 is 64.6 Å². The van der Waals surface area contributed by atoms with Crippen LogP contribution in [-0.4, -0.2) is 294 Å². The largest absolute Gasteiger partial charge is 0.508 e. The van der Waals surface area contributed by atoms with E-state index in [2.05, 4.69) is 65.1 Å². The van der Waals surface area contributed by atoms with Crippen LogP contribution in [0.5, 0.6) is 5.75 Å². The molecular weight excluding hydrogens is 1490 g/mol. The monoisotopic (exact) mass is 1620 g/mol. The number of amidine groups is 1. The van der Waals surface area contributed by atoms with Crippen molar-refractivity contribution in [1.82, 2.24) is 63.0 Å². The number of ether oxygens (including phenoxy) is 2. The minimum absolute atomic E-state index is 0.00677. The number of methoxy groups -OCH3 is 1. The average Bonchev–Trinajstić information content (AvgIpc) is 1.61. The third-order valence-electron chi connectivity index (χ3n) is 19.8. The second-order valence-corrected chi connectivity index (χ2v) is 30.0. The fraction of sp³-hybridized carbons (Fsp3) is 0.720. The molecule has 0 saturated carbocycles. The van der Waals surface area contributed by atoms with Gasteiger partial charge in [-0.15, -0.1) is 0 Å². The zero-order valence-electron chi connectivity index (χ0n) is 66.6. The van der Waals surface area contributed by atoms with E-state index >= 15 is 0 Å². The predicted octanol–water partition coefficient (Wildman–Crippen LogP) is -5.04. The Kier molecular flexibility index (Phi) is 41.6. The molecule has 3 saturated heterocycles. The molecule has 3 aliphatic rings. The summed E-state index contributed by atoms with van der Waals surface area (Å²) in [6, 6.07) is -14.5. The summed E-state index contributed by atoms with van der Waals surface area (Å²) in [5.41, 5.74) is 11.8. The Morgan fingerprint density at radius 2 is 1.10 bits per heavy atom. The van der Waals surface area contributed by atoms with Crippen LogP contribution in [0, 0.1) is 5.92 Å². The lowest BCUT2D eigenvalue weighted by molar-refractivity contribution is -0.155. The van der Waals surface area contributed by atoms with Crippen LogP contribution in [0.25, 0.3) is 0 Å². The number of aromatic hydroxyl groups is 1. The van der Waals surface area contributed by atoms with E-state index in [1.807, 2.05) is 0 Å². The first-order valence-corrected chi connectivity index (χ1v) is 39.2. The van der Waals surface area contributed by atoms with E-state index in [1.165, 1.54) is 59.1 Å². The molecule has 3 heterocycles. The SMILES string of the molecule is CCCCCCCCCCCCC[C@@H]1CC(=O)N[C@H]([C@@H](C)O)C(=O)N[C@H](C)C(=O)N[C@@H](Cc2ccc(O)cc2)C(=O)N[C@@H](C(C)C)C(=O)N2C[C@H](O)C[C@H]2C(=O)N[C@H]([C@@H](C)O)C(=O)N[C@@H]([C@@H](C)O)C(=O)N2CC[C@H](O)[C@H]2C(=O)N[C@@H]([C@H](O)CC(N)=O)C(=O)NCC(=O)N[C@H]([C@@H](C)O)C(=O)N[C@@H](CCCN=C(N)CCOC)C(=O)O1. The predicted molar refractivity (Wildman–Crippen MR) is 409 cm³/mol. The minimum Gasteiger partial charge on any atom is -0.508 e. The van der Waals surface area contributed by atoms with Gasteiger partial charge >= 0.3 is 5.97 Å². The number of nitrogens with zero attached hydrogens (tertiary/aromatic N) is 3. The Bertz CT molecular complexity index is 3400. The zero-order chi connectivity index (χ0) is 85.2. The van der Waals surface area contributed by atoms with E-state index in [0.29, 0.717) is 23.3 Å². The van der Waals surface area contributed by atoms with Crippen LogP contribution in [-0.2, 0) is 83.0 Å². The zero-order valence-corrected chi connectivity index (χ0v) is 66.6. The lowest BCUT2D eigenvalue weighted by Gasteiger charge is -2.34. The molecule has 0 spiro atoms. The van der Waals surface area contributed by atoms with Gasteiger partial charge in [-0.25, -0.2) is 4.79 Å². The van der Waals surface area contributed by atoms with Crippen LogP contribution in [0.3, 0.4) is 0 Å². The number of aliphatic hydroxyl groups is 7. The summed E-state index contributed by atoms with van der Waals surface area (Å²) in [5.74, 6) is -17.1. The number of cyclic esters (lactones) is 1. The van der Waals surface area contributed by atoms with Gasteiger partial charge in [0, 0.05) is 46.0 Å². The van der Waals surface area contributed by atoms with Gasteiger partial charge in [0.1, 0.15) is 78.3 Å². The summed E-state index contributed by atoms with van der Waals surface area (Å²) in [6.45, 7) is 8.88. The van der Waals surface area contributed by atoms with Gasteiger partial charge in [-0.2, -0.15) is 0 Å². The van der Waals surface area contributed by atoms with Gasteiger partial charge in [0.05, 0.1) is 74.6 Å². The molecule has 0 unspecified atom stereocenters. The number of carbonyl (C=O) groups excluding carboxylic acids is 14. The molecule has 0 bridgehead atoms. The fourth-order valence-electron chi connectivity index (χ4n) is 13.2. The number of hydrogen-bond donors (Lipinski definition) is 20. The number of rotatable bonds is 29. The molecule has 3 fully saturated rings. The summed E-state index contributed by atoms with van der Waals surface area (Å²) in [5, 5.41) is 111. The van der Waals surface area contributed by atoms with Crippen molar-refractivity contribution >= 4 is 88.6 Å². The van der Waals surface area contributed by atoms with Crippen molar-refractivity contribution in [1.29, 1.82) is 0 Å². The number of amides is 13. The summed E-state index contributed by atoms with van der Waals surface area (Å²) < 4.78 is 11.1.